The number of aliphatic imine (C=N–C) groups is 1. The van der Waals surface area contributed by atoms with E-state index < -0.39 is 0 Å². The van der Waals surface area contributed by atoms with E-state index >= 15 is 0 Å². The van der Waals surface area contributed by atoms with Crippen molar-refractivity contribution in [3.63, 3.8) is 0 Å². The topological polar surface area (TPSA) is 84.6 Å². The lowest BCUT2D eigenvalue weighted by Crippen LogP contribution is -2.37. The first-order valence-corrected chi connectivity index (χ1v) is 9.26. The third-order valence-electron chi connectivity index (χ3n) is 3.82. The maximum atomic E-state index is 5.34. The standard InChI is InChI=1S/C19H29N5O2.HI/c1-4-20-19(21-5-2)22-14-8-6-7-9-17-23-18(24-26-17)15-10-12-16(25-3)13-11-15;/h10-13H,4-9,14H2,1-3H3,(H2,20,21,22);1H. The highest BCUT2D eigenvalue weighted by molar-refractivity contribution is 14.0. The van der Waals surface area contributed by atoms with Gasteiger partial charge in [0.05, 0.1) is 7.11 Å². The lowest BCUT2D eigenvalue weighted by atomic mass is 10.2. The molecule has 0 saturated carbocycles. The number of methoxy groups -OCH3 is 1. The zero-order valence-corrected chi connectivity index (χ0v) is 18.7. The number of nitrogens with zero attached hydrogens (tertiary/aromatic N) is 3. The average molecular weight is 487 g/mol. The van der Waals surface area contributed by atoms with Crippen LogP contribution in [-0.2, 0) is 6.42 Å². The van der Waals surface area contributed by atoms with Crippen molar-refractivity contribution in [1.82, 2.24) is 20.8 Å². The Morgan fingerprint density at radius 2 is 1.78 bits per heavy atom. The van der Waals surface area contributed by atoms with E-state index in [9.17, 15) is 0 Å². The van der Waals surface area contributed by atoms with Gasteiger partial charge < -0.3 is 19.9 Å². The number of guanidine groups is 1. The molecule has 0 aliphatic carbocycles. The smallest absolute Gasteiger partial charge is 0.226 e. The van der Waals surface area contributed by atoms with E-state index in [2.05, 4.69) is 39.6 Å². The van der Waals surface area contributed by atoms with E-state index in [1.54, 1.807) is 7.11 Å². The first kappa shape index (κ1) is 23.2. The number of halogens is 1. The Kier molecular flexibility index (Phi) is 11.5. The number of unbranched alkanes of at least 4 members (excludes halogenated alkanes) is 2. The number of benzene rings is 1. The van der Waals surface area contributed by atoms with Crippen LogP contribution in [0.3, 0.4) is 0 Å². The van der Waals surface area contributed by atoms with Crippen LogP contribution in [0, 0.1) is 0 Å². The third kappa shape index (κ3) is 8.15. The largest absolute Gasteiger partial charge is 0.497 e. The maximum absolute atomic E-state index is 5.34. The summed E-state index contributed by atoms with van der Waals surface area (Å²) >= 11 is 0. The van der Waals surface area contributed by atoms with Gasteiger partial charge in [0.1, 0.15) is 5.75 Å². The van der Waals surface area contributed by atoms with Crippen molar-refractivity contribution >= 4 is 29.9 Å². The lowest BCUT2D eigenvalue weighted by Gasteiger charge is -2.08. The summed E-state index contributed by atoms with van der Waals surface area (Å²) < 4.78 is 10.5. The van der Waals surface area contributed by atoms with Gasteiger partial charge >= 0.3 is 0 Å². The minimum Gasteiger partial charge on any atom is -0.497 e. The monoisotopic (exact) mass is 487 g/mol. The van der Waals surface area contributed by atoms with Crippen molar-refractivity contribution < 1.29 is 9.26 Å². The summed E-state index contributed by atoms with van der Waals surface area (Å²) in [5, 5.41) is 10.5. The van der Waals surface area contributed by atoms with Crippen LogP contribution in [0.4, 0.5) is 0 Å². The summed E-state index contributed by atoms with van der Waals surface area (Å²) in [6, 6.07) is 7.64. The highest BCUT2D eigenvalue weighted by atomic mass is 127. The molecule has 2 N–H and O–H groups in total. The van der Waals surface area contributed by atoms with E-state index in [1.807, 2.05) is 24.3 Å². The number of aromatic nitrogens is 2. The molecule has 2 aromatic rings. The summed E-state index contributed by atoms with van der Waals surface area (Å²) in [5.74, 6) is 3.00. The molecule has 0 spiro atoms. The Bertz CT molecular complexity index is 665. The molecular weight excluding hydrogens is 457 g/mol. The molecule has 0 radical (unpaired) electrons. The van der Waals surface area contributed by atoms with Crippen molar-refractivity contribution in [1.29, 1.82) is 0 Å². The van der Waals surface area contributed by atoms with Crippen molar-refractivity contribution in [3.05, 3.63) is 30.2 Å². The number of aryl methyl sites for hydroxylation is 1. The Balaban J connectivity index is 0.00000364. The Morgan fingerprint density at radius 3 is 2.41 bits per heavy atom. The van der Waals surface area contributed by atoms with E-state index in [0.717, 1.165) is 62.6 Å². The van der Waals surface area contributed by atoms with Crippen LogP contribution < -0.4 is 15.4 Å². The van der Waals surface area contributed by atoms with Crippen molar-refractivity contribution in [2.24, 2.45) is 4.99 Å². The predicted octanol–water partition coefficient (Wildman–Crippen LogP) is 3.65. The van der Waals surface area contributed by atoms with Gasteiger partial charge in [0.15, 0.2) is 5.96 Å². The summed E-state index contributed by atoms with van der Waals surface area (Å²) in [7, 11) is 1.65. The van der Waals surface area contributed by atoms with Gasteiger partial charge in [-0.25, -0.2) is 0 Å². The minimum absolute atomic E-state index is 0. The molecule has 0 atom stereocenters. The van der Waals surface area contributed by atoms with Gasteiger partial charge in [0.25, 0.3) is 0 Å². The second-order valence-electron chi connectivity index (χ2n) is 5.84. The molecule has 2 rings (SSSR count). The molecule has 1 aromatic carbocycles. The second-order valence-corrected chi connectivity index (χ2v) is 5.84. The maximum Gasteiger partial charge on any atom is 0.226 e. The molecule has 0 amide bonds. The number of nitrogens with one attached hydrogen (secondary N) is 2. The minimum atomic E-state index is 0. The van der Waals surface area contributed by atoms with Gasteiger partial charge in [0, 0.05) is 31.6 Å². The van der Waals surface area contributed by atoms with Crippen LogP contribution in [0.1, 0.15) is 39.0 Å². The molecule has 0 unspecified atom stereocenters. The Labute approximate surface area is 178 Å². The normalized spacial score (nSPS) is 10.0. The van der Waals surface area contributed by atoms with E-state index in [4.69, 9.17) is 9.26 Å². The average Bonchev–Trinajstić information content (AvgIpc) is 3.14. The van der Waals surface area contributed by atoms with Crippen molar-refractivity contribution in [2.45, 2.75) is 39.5 Å². The zero-order valence-electron chi connectivity index (χ0n) is 16.3. The second kappa shape index (κ2) is 13.3. The van der Waals surface area contributed by atoms with Crippen LogP contribution in [0.25, 0.3) is 11.4 Å². The number of ether oxygens (including phenoxy) is 1. The van der Waals surface area contributed by atoms with Crippen molar-refractivity contribution in [3.8, 4) is 17.1 Å². The third-order valence-corrected chi connectivity index (χ3v) is 3.82. The first-order valence-electron chi connectivity index (χ1n) is 9.26. The fourth-order valence-corrected chi connectivity index (χ4v) is 2.48. The summed E-state index contributed by atoms with van der Waals surface area (Å²) in [5.41, 5.74) is 0.925. The van der Waals surface area contributed by atoms with Gasteiger partial charge in [-0.15, -0.1) is 24.0 Å². The van der Waals surface area contributed by atoms with Gasteiger partial charge in [-0.1, -0.05) is 11.6 Å². The van der Waals surface area contributed by atoms with Crippen LogP contribution in [0.15, 0.2) is 33.8 Å². The molecule has 1 heterocycles. The molecule has 0 fully saturated rings. The van der Waals surface area contributed by atoms with Gasteiger partial charge in [-0.3, -0.25) is 4.99 Å². The number of hydrogen-bond donors (Lipinski definition) is 2. The molecular formula is C19H30IN5O2. The summed E-state index contributed by atoms with van der Waals surface area (Å²) in [6.45, 7) is 6.70. The number of rotatable bonds is 10. The quantitative estimate of drug-likeness (QED) is 0.230. The summed E-state index contributed by atoms with van der Waals surface area (Å²) in [6.07, 6.45) is 3.92. The Hall–Kier alpha value is -1.84. The van der Waals surface area contributed by atoms with Crippen LogP contribution >= 0.6 is 24.0 Å². The highest BCUT2D eigenvalue weighted by Gasteiger charge is 2.08. The molecule has 27 heavy (non-hydrogen) atoms. The van der Waals surface area contributed by atoms with Gasteiger partial charge in [-0.2, -0.15) is 4.98 Å². The van der Waals surface area contributed by atoms with E-state index in [-0.39, 0.29) is 24.0 Å². The van der Waals surface area contributed by atoms with Gasteiger partial charge in [-0.05, 0) is 51.0 Å². The molecule has 1 aromatic heterocycles. The summed E-state index contributed by atoms with van der Waals surface area (Å²) in [4.78, 5) is 9.00. The van der Waals surface area contributed by atoms with Crippen LogP contribution in [0.2, 0.25) is 0 Å². The molecule has 0 aliphatic rings. The fourth-order valence-electron chi connectivity index (χ4n) is 2.48. The molecule has 0 bridgehead atoms. The SMILES string of the molecule is CCNC(=NCCCCCc1nc(-c2ccc(OC)cc2)no1)NCC.I. The first-order chi connectivity index (χ1) is 12.8. The molecule has 8 heteroatoms. The Morgan fingerprint density at radius 1 is 1.07 bits per heavy atom. The van der Waals surface area contributed by atoms with E-state index in [0.29, 0.717) is 11.7 Å². The van der Waals surface area contributed by atoms with E-state index in [1.165, 1.54) is 0 Å². The predicted molar refractivity (Wildman–Crippen MR) is 119 cm³/mol. The zero-order chi connectivity index (χ0) is 18.6. The molecule has 150 valence electrons. The molecule has 0 aliphatic heterocycles. The highest BCUT2D eigenvalue weighted by Crippen LogP contribution is 2.20. The van der Waals surface area contributed by atoms with Crippen LogP contribution in [0.5, 0.6) is 5.75 Å². The van der Waals surface area contributed by atoms with Crippen molar-refractivity contribution in [2.75, 3.05) is 26.7 Å². The number of hydrogen-bond acceptors (Lipinski definition) is 5. The van der Waals surface area contributed by atoms with Crippen LogP contribution in [-0.4, -0.2) is 42.8 Å². The molecule has 0 saturated heterocycles. The fraction of sp³-hybridized carbons (Fsp3) is 0.526. The lowest BCUT2D eigenvalue weighted by molar-refractivity contribution is 0.374. The van der Waals surface area contributed by atoms with Gasteiger partial charge in [0.2, 0.25) is 11.7 Å². The molecule has 7 nitrogen and oxygen atoms in total.